The Hall–Kier alpha value is -3.33. The summed E-state index contributed by atoms with van der Waals surface area (Å²) in [6.45, 7) is 1.79. The highest BCUT2D eigenvalue weighted by Crippen LogP contribution is 2.28. The number of thiazole rings is 1. The fourth-order valence-corrected chi connectivity index (χ4v) is 2.92. The van der Waals surface area contributed by atoms with Crippen LogP contribution in [0.25, 0.3) is 11.5 Å². The first-order valence-corrected chi connectivity index (χ1v) is 8.96. The van der Waals surface area contributed by atoms with Gasteiger partial charge >= 0.3 is 0 Å². The fraction of sp³-hybridized carbons (Fsp3) is 0.167. The topological polar surface area (TPSA) is 115 Å². The number of carbonyl (C=O) groups excluding carboxylic acids is 1. The number of hydrogen-bond acceptors (Lipinski definition) is 6. The van der Waals surface area contributed by atoms with Crippen LogP contribution in [0.1, 0.15) is 12.7 Å². The van der Waals surface area contributed by atoms with Crippen LogP contribution in [0.4, 0.5) is 10.8 Å². The van der Waals surface area contributed by atoms with Gasteiger partial charge in [-0.15, -0.1) is 11.3 Å². The zero-order chi connectivity index (χ0) is 19.2. The van der Waals surface area contributed by atoms with Gasteiger partial charge in [-0.2, -0.15) is 4.99 Å². The highest BCUT2D eigenvalue weighted by molar-refractivity contribution is 7.13. The molecule has 27 heavy (non-hydrogen) atoms. The Balaban J connectivity index is 1.67. The summed E-state index contributed by atoms with van der Waals surface area (Å²) in [6.07, 6.45) is 0. The van der Waals surface area contributed by atoms with Gasteiger partial charge in [0.1, 0.15) is 17.2 Å². The molecule has 8 nitrogen and oxygen atoms in total. The van der Waals surface area contributed by atoms with Gasteiger partial charge in [0.25, 0.3) is 0 Å². The van der Waals surface area contributed by atoms with Crippen LogP contribution >= 0.6 is 11.3 Å². The molecule has 0 aliphatic heterocycles. The lowest BCUT2D eigenvalue weighted by atomic mass is 10.3. The third-order valence-electron chi connectivity index (χ3n) is 3.48. The molecule has 3 rings (SSSR count). The van der Waals surface area contributed by atoms with Crippen LogP contribution in [0.2, 0.25) is 0 Å². The predicted molar refractivity (Wildman–Crippen MR) is 105 cm³/mol. The van der Waals surface area contributed by atoms with Crippen molar-refractivity contribution in [2.75, 3.05) is 12.4 Å². The van der Waals surface area contributed by atoms with E-state index >= 15 is 0 Å². The number of anilines is 1. The second kappa shape index (κ2) is 8.37. The third kappa shape index (κ3) is 5.08. The molecule has 140 valence electrons. The molecule has 0 spiro atoms. The number of furan rings is 1. The molecule has 0 atom stereocenters. The van der Waals surface area contributed by atoms with E-state index in [4.69, 9.17) is 14.9 Å². The zero-order valence-corrected chi connectivity index (χ0v) is 15.7. The summed E-state index contributed by atoms with van der Waals surface area (Å²) < 4.78 is 10.9. The summed E-state index contributed by atoms with van der Waals surface area (Å²) in [7, 11) is 1.60. The number of nitrogens with zero attached hydrogens (tertiary/aromatic N) is 2. The van der Waals surface area contributed by atoms with E-state index in [1.165, 1.54) is 18.3 Å². The molecule has 0 saturated heterocycles. The molecule has 3 aromatic rings. The van der Waals surface area contributed by atoms with Gasteiger partial charge in [-0.3, -0.25) is 4.79 Å². The van der Waals surface area contributed by atoms with Crippen molar-refractivity contribution in [1.29, 1.82) is 0 Å². The first-order valence-electron chi connectivity index (χ1n) is 8.08. The molecule has 0 radical (unpaired) electrons. The Morgan fingerprint density at radius 1 is 1.37 bits per heavy atom. The number of rotatable bonds is 6. The Kier molecular flexibility index (Phi) is 5.72. The minimum atomic E-state index is -0.114. The van der Waals surface area contributed by atoms with Crippen molar-refractivity contribution in [2.24, 2.45) is 10.7 Å². The maximum absolute atomic E-state index is 11.0. The minimum Gasteiger partial charge on any atom is -0.497 e. The number of amides is 1. The number of hydrogen-bond donors (Lipinski definition) is 3. The predicted octanol–water partition coefficient (Wildman–Crippen LogP) is 3.11. The minimum absolute atomic E-state index is 0.114. The van der Waals surface area contributed by atoms with E-state index < -0.39 is 0 Å². The highest BCUT2D eigenvalue weighted by atomic mass is 32.1. The molecule has 0 bridgehead atoms. The molecule has 0 aliphatic rings. The molecular weight excluding hydrogens is 366 g/mol. The lowest BCUT2D eigenvalue weighted by Gasteiger charge is -2.06. The second-order valence-electron chi connectivity index (χ2n) is 5.55. The summed E-state index contributed by atoms with van der Waals surface area (Å²) in [4.78, 5) is 19.6. The SMILES string of the molecule is COc1cccc(N/C(N)=N/c2nc(-c3ccc(CNC(C)=O)o3)cs2)c1. The van der Waals surface area contributed by atoms with Gasteiger partial charge in [0, 0.05) is 24.1 Å². The molecule has 0 aliphatic carbocycles. The molecule has 1 amide bonds. The van der Waals surface area contributed by atoms with E-state index in [1.54, 1.807) is 19.2 Å². The van der Waals surface area contributed by atoms with Crippen molar-refractivity contribution in [2.45, 2.75) is 13.5 Å². The van der Waals surface area contributed by atoms with Crippen molar-refractivity contribution >= 4 is 34.0 Å². The number of nitrogens with one attached hydrogen (secondary N) is 2. The van der Waals surface area contributed by atoms with E-state index in [-0.39, 0.29) is 11.9 Å². The van der Waals surface area contributed by atoms with Crippen molar-refractivity contribution in [3.63, 3.8) is 0 Å². The number of aromatic nitrogens is 1. The summed E-state index contributed by atoms with van der Waals surface area (Å²) >= 11 is 1.35. The molecule has 1 aromatic carbocycles. The molecule has 4 N–H and O–H groups in total. The molecule has 2 aromatic heterocycles. The summed E-state index contributed by atoms with van der Waals surface area (Å²) in [5, 5.41) is 8.01. The van der Waals surface area contributed by atoms with Gasteiger partial charge in [0.05, 0.1) is 13.7 Å². The van der Waals surface area contributed by atoms with Gasteiger partial charge in [-0.05, 0) is 24.3 Å². The lowest BCUT2D eigenvalue weighted by Crippen LogP contribution is -2.21. The number of methoxy groups -OCH3 is 1. The number of ether oxygens (including phenoxy) is 1. The maximum atomic E-state index is 11.0. The van der Waals surface area contributed by atoms with Crippen LogP contribution in [-0.2, 0) is 11.3 Å². The van der Waals surface area contributed by atoms with E-state index in [0.717, 1.165) is 11.4 Å². The van der Waals surface area contributed by atoms with Crippen molar-refractivity contribution in [3.8, 4) is 17.2 Å². The average molecular weight is 385 g/mol. The van der Waals surface area contributed by atoms with Crippen molar-refractivity contribution in [3.05, 3.63) is 47.5 Å². The molecule has 2 heterocycles. The maximum Gasteiger partial charge on any atom is 0.217 e. The van der Waals surface area contributed by atoms with E-state index in [2.05, 4.69) is 20.6 Å². The standard InChI is InChI=1S/C18H19N5O3S/c1-11(24)20-9-14-6-7-16(26-14)15-10-27-18(22-15)23-17(19)21-12-4-3-5-13(8-12)25-2/h3-8,10H,9H2,1-2H3,(H,20,24)(H3,19,21,22,23). The fourth-order valence-electron chi connectivity index (χ4n) is 2.23. The second-order valence-corrected chi connectivity index (χ2v) is 6.38. The summed E-state index contributed by atoms with van der Waals surface area (Å²) in [5.74, 6) is 2.08. The lowest BCUT2D eigenvalue weighted by molar-refractivity contribution is -0.119. The van der Waals surface area contributed by atoms with E-state index in [1.807, 2.05) is 29.6 Å². The molecule has 0 saturated carbocycles. The Bertz CT molecular complexity index is 963. The van der Waals surface area contributed by atoms with Crippen LogP contribution in [0.5, 0.6) is 5.75 Å². The zero-order valence-electron chi connectivity index (χ0n) is 14.9. The quantitative estimate of drug-likeness (QED) is 0.444. The third-order valence-corrected chi connectivity index (χ3v) is 4.21. The summed E-state index contributed by atoms with van der Waals surface area (Å²) in [6, 6.07) is 11.0. The Labute approximate surface area is 160 Å². The number of nitrogens with two attached hydrogens (primary N) is 1. The van der Waals surface area contributed by atoms with Crippen LogP contribution in [0.15, 0.2) is 51.2 Å². The molecule has 0 unspecified atom stereocenters. The first-order chi connectivity index (χ1) is 13.0. The average Bonchev–Trinajstić information content (AvgIpc) is 3.29. The highest BCUT2D eigenvalue weighted by Gasteiger charge is 2.10. The van der Waals surface area contributed by atoms with Gasteiger partial charge in [0.15, 0.2) is 5.76 Å². The normalized spacial score (nSPS) is 11.3. The van der Waals surface area contributed by atoms with Crippen molar-refractivity contribution in [1.82, 2.24) is 10.3 Å². The van der Waals surface area contributed by atoms with Crippen LogP contribution in [0.3, 0.4) is 0 Å². The number of aliphatic imine (C=N–C) groups is 1. The monoisotopic (exact) mass is 385 g/mol. The van der Waals surface area contributed by atoms with Gasteiger partial charge in [-0.25, -0.2) is 4.98 Å². The Morgan fingerprint density at radius 3 is 3.00 bits per heavy atom. The molecule has 9 heteroatoms. The van der Waals surface area contributed by atoms with E-state index in [9.17, 15) is 4.79 Å². The van der Waals surface area contributed by atoms with Crippen LogP contribution < -0.4 is 21.1 Å². The Morgan fingerprint density at radius 2 is 2.22 bits per heavy atom. The number of guanidine groups is 1. The van der Waals surface area contributed by atoms with Crippen LogP contribution in [0, 0.1) is 0 Å². The van der Waals surface area contributed by atoms with E-state index in [0.29, 0.717) is 28.9 Å². The number of benzene rings is 1. The van der Waals surface area contributed by atoms with Crippen LogP contribution in [-0.4, -0.2) is 24.0 Å². The first kappa shape index (κ1) is 18.5. The molecule has 0 fully saturated rings. The van der Waals surface area contributed by atoms with Gasteiger partial charge in [0.2, 0.25) is 17.0 Å². The van der Waals surface area contributed by atoms with Gasteiger partial charge < -0.3 is 25.5 Å². The van der Waals surface area contributed by atoms with Crippen molar-refractivity contribution < 1.29 is 13.9 Å². The number of carbonyl (C=O) groups is 1. The molecular formula is C18H19N5O3S. The summed E-state index contributed by atoms with van der Waals surface area (Å²) in [5.41, 5.74) is 7.37. The van der Waals surface area contributed by atoms with Gasteiger partial charge in [-0.1, -0.05) is 6.07 Å². The smallest absolute Gasteiger partial charge is 0.217 e. The largest absolute Gasteiger partial charge is 0.497 e.